The molecule has 4 rings (SSSR count). The van der Waals surface area contributed by atoms with Gasteiger partial charge in [-0.25, -0.2) is 4.68 Å². The smallest absolute Gasteiger partial charge is 0.130 e. The minimum atomic E-state index is -0.479. The number of piperidine rings is 1. The molecule has 26 heavy (non-hydrogen) atoms. The van der Waals surface area contributed by atoms with Crippen molar-refractivity contribution in [2.45, 2.75) is 25.4 Å². The number of aliphatic hydroxyl groups is 1. The van der Waals surface area contributed by atoms with E-state index in [2.05, 4.69) is 10.00 Å². The minimum Gasteiger partial charge on any atom is -0.490 e. The highest BCUT2D eigenvalue weighted by Crippen LogP contribution is 2.27. The van der Waals surface area contributed by atoms with Gasteiger partial charge >= 0.3 is 0 Å². The van der Waals surface area contributed by atoms with Gasteiger partial charge in [0.25, 0.3) is 0 Å². The van der Waals surface area contributed by atoms with Crippen LogP contribution in [0, 0.1) is 0 Å². The Labute approximate surface area is 153 Å². The van der Waals surface area contributed by atoms with Gasteiger partial charge in [0.1, 0.15) is 18.5 Å². The number of aromatic nitrogens is 2. The van der Waals surface area contributed by atoms with Crippen molar-refractivity contribution in [3.05, 3.63) is 54.7 Å². The van der Waals surface area contributed by atoms with Crippen LogP contribution >= 0.6 is 0 Å². The zero-order chi connectivity index (χ0) is 17.8. The lowest BCUT2D eigenvalue weighted by atomic mass is 10.1. The van der Waals surface area contributed by atoms with Crippen molar-refractivity contribution in [3.8, 4) is 11.4 Å². The fourth-order valence-electron chi connectivity index (χ4n) is 3.60. The Morgan fingerprint density at radius 1 is 1.00 bits per heavy atom. The summed E-state index contributed by atoms with van der Waals surface area (Å²) >= 11 is 0. The number of β-amino-alcohol motifs (C(OH)–C–C–N with tert-alkyl or cyclic N) is 1. The van der Waals surface area contributed by atoms with E-state index in [1.54, 1.807) is 0 Å². The first-order valence-electron chi connectivity index (χ1n) is 9.36. The second kappa shape index (κ2) is 7.89. The van der Waals surface area contributed by atoms with Crippen molar-refractivity contribution in [1.29, 1.82) is 0 Å². The number of hydrogen-bond acceptors (Lipinski definition) is 4. The van der Waals surface area contributed by atoms with E-state index in [0.29, 0.717) is 13.2 Å². The molecule has 1 unspecified atom stereocenters. The first kappa shape index (κ1) is 17.1. The van der Waals surface area contributed by atoms with E-state index >= 15 is 0 Å². The van der Waals surface area contributed by atoms with Crippen molar-refractivity contribution in [2.24, 2.45) is 0 Å². The van der Waals surface area contributed by atoms with Crippen LogP contribution in [0.25, 0.3) is 16.6 Å². The fourth-order valence-corrected chi connectivity index (χ4v) is 3.60. The quantitative estimate of drug-likeness (QED) is 0.741. The highest BCUT2D eigenvalue weighted by Gasteiger charge is 2.16. The topological polar surface area (TPSA) is 50.5 Å². The zero-order valence-electron chi connectivity index (χ0n) is 14.9. The van der Waals surface area contributed by atoms with E-state index in [4.69, 9.17) is 4.74 Å². The third-order valence-electron chi connectivity index (χ3n) is 4.92. The Morgan fingerprint density at radius 2 is 1.81 bits per heavy atom. The summed E-state index contributed by atoms with van der Waals surface area (Å²) in [5.41, 5.74) is 2.02. The molecule has 0 radical (unpaired) electrons. The number of hydrogen-bond donors (Lipinski definition) is 1. The van der Waals surface area contributed by atoms with Gasteiger partial charge in [-0.05, 0) is 50.2 Å². The summed E-state index contributed by atoms with van der Waals surface area (Å²) in [5.74, 6) is 0.766. The molecule has 0 saturated carbocycles. The SMILES string of the molecule is OC(COc1cccc2c1cnn2-c1ccccc1)CN1CCCCC1. The maximum absolute atomic E-state index is 10.3. The maximum Gasteiger partial charge on any atom is 0.130 e. The van der Waals surface area contributed by atoms with Crippen LogP contribution in [0.3, 0.4) is 0 Å². The number of ether oxygens (including phenoxy) is 1. The molecule has 2 aromatic carbocycles. The van der Waals surface area contributed by atoms with Crippen LogP contribution in [0.1, 0.15) is 19.3 Å². The molecule has 1 aliphatic heterocycles. The summed E-state index contributed by atoms with van der Waals surface area (Å²) in [6.07, 6.45) is 5.11. The predicted molar refractivity (Wildman–Crippen MR) is 103 cm³/mol. The highest BCUT2D eigenvalue weighted by atomic mass is 16.5. The molecule has 5 heteroatoms. The summed E-state index contributed by atoms with van der Waals surface area (Å²) in [6.45, 7) is 3.14. The van der Waals surface area contributed by atoms with E-state index in [-0.39, 0.29) is 0 Å². The fraction of sp³-hybridized carbons (Fsp3) is 0.381. The normalized spacial score (nSPS) is 16.7. The third kappa shape index (κ3) is 3.74. The first-order valence-corrected chi connectivity index (χ1v) is 9.36. The number of likely N-dealkylation sites (tertiary alicyclic amines) is 1. The summed E-state index contributed by atoms with van der Waals surface area (Å²) < 4.78 is 7.85. The predicted octanol–water partition coefficient (Wildman–Crippen LogP) is 3.25. The largest absolute Gasteiger partial charge is 0.490 e. The van der Waals surface area contributed by atoms with Crippen molar-refractivity contribution in [1.82, 2.24) is 14.7 Å². The maximum atomic E-state index is 10.3. The molecular formula is C21H25N3O2. The van der Waals surface area contributed by atoms with Gasteiger partial charge in [0.15, 0.2) is 0 Å². The molecule has 0 aliphatic carbocycles. The van der Waals surface area contributed by atoms with Gasteiger partial charge in [0, 0.05) is 6.54 Å². The Hall–Kier alpha value is -2.37. The molecule has 1 aromatic heterocycles. The van der Waals surface area contributed by atoms with Gasteiger partial charge in [0.2, 0.25) is 0 Å². The van der Waals surface area contributed by atoms with Gasteiger partial charge in [-0.3, -0.25) is 0 Å². The molecule has 3 aromatic rings. The summed E-state index contributed by atoms with van der Waals surface area (Å²) in [5, 5.41) is 15.8. The molecule has 1 aliphatic rings. The van der Waals surface area contributed by atoms with Crippen LogP contribution in [0.5, 0.6) is 5.75 Å². The van der Waals surface area contributed by atoms with Crippen molar-refractivity contribution in [2.75, 3.05) is 26.2 Å². The summed E-state index contributed by atoms with van der Waals surface area (Å²) in [7, 11) is 0. The van der Waals surface area contributed by atoms with Gasteiger partial charge in [-0.15, -0.1) is 0 Å². The average Bonchev–Trinajstić information content (AvgIpc) is 3.12. The molecule has 5 nitrogen and oxygen atoms in total. The summed E-state index contributed by atoms with van der Waals surface area (Å²) in [4.78, 5) is 2.32. The Bertz CT molecular complexity index is 841. The molecule has 1 fully saturated rings. The lowest BCUT2D eigenvalue weighted by molar-refractivity contribution is 0.0622. The van der Waals surface area contributed by atoms with Gasteiger partial charge in [-0.1, -0.05) is 30.7 Å². The van der Waals surface area contributed by atoms with Crippen molar-refractivity contribution in [3.63, 3.8) is 0 Å². The van der Waals surface area contributed by atoms with Crippen molar-refractivity contribution >= 4 is 10.9 Å². The van der Waals surface area contributed by atoms with E-state index in [1.807, 2.05) is 59.4 Å². The first-order chi connectivity index (χ1) is 12.8. The van der Waals surface area contributed by atoms with E-state index in [1.165, 1.54) is 19.3 Å². The second-order valence-corrected chi connectivity index (χ2v) is 6.91. The highest BCUT2D eigenvalue weighted by molar-refractivity contribution is 5.86. The molecule has 1 N–H and O–H groups in total. The Balaban J connectivity index is 1.46. The van der Waals surface area contributed by atoms with Crippen LogP contribution in [0.4, 0.5) is 0 Å². The van der Waals surface area contributed by atoms with Crippen LogP contribution in [-0.2, 0) is 0 Å². The number of fused-ring (bicyclic) bond motifs is 1. The second-order valence-electron chi connectivity index (χ2n) is 6.91. The molecule has 0 amide bonds. The number of benzene rings is 2. The third-order valence-corrected chi connectivity index (χ3v) is 4.92. The molecule has 0 spiro atoms. The molecule has 1 atom stereocenters. The number of aliphatic hydroxyl groups excluding tert-OH is 1. The lowest BCUT2D eigenvalue weighted by Gasteiger charge is -2.28. The Kier molecular flexibility index (Phi) is 5.18. The van der Waals surface area contributed by atoms with Crippen molar-refractivity contribution < 1.29 is 9.84 Å². The minimum absolute atomic E-state index is 0.298. The number of nitrogens with zero attached hydrogens (tertiary/aromatic N) is 3. The van der Waals surface area contributed by atoms with Crippen LogP contribution in [0.15, 0.2) is 54.7 Å². The zero-order valence-corrected chi connectivity index (χ0v) is 14.9. The van der Waals surface area contributed by atoms with Crippen LogP contribution in [-0.4, -0.2) is 52.1 Å². The molecule has 136 valence electrons. The van der Waals surface area contributed by atoms with E-state index in [9.17, 15) is 5.11 Å². The number of rotatable bonds is 6. The molecular weight excluding hydrogens is 326 g/mol. The monoisotopic (exact) mass is 351 g/mol. The van der Waals surface area contributed by atoms with E-state index < -0.39 is 6.10 Å². The molecule has 0 bridgehead atoms. The lowest BCUT2D eigenvalue weighted by Crippen LogP contribution is -2.38. The van der Waals surface area contributed by atoms with Gasteiger partial charge in [-0.2, -0.15) is 5.10 Å². The van der Waals surface area contributed by atoms with Gasteiger partial charge < -0.3 is 14.7 Å². The number of para-hydroxylation sites is 1. The van der Waals surface area contributed by atoms with Gasteiger partial charge in [0.05, 0.1) is 22.8 Å². The van der Waals surface area contributed by atoms with Crippen LogP contribution in [0.2, 0.25) is 0 Å². The molecule has 2 heterocycles. The van der Waals surface area contributed by atoms with E-state index in [0.717, 1.165) is 35.4 Å². The standard InChI is InChI=1S/C21H25N3O2/c25-18(15-23-12-5-2-6-13-23)16-26-21-11-7-10-20-19(21)14-22-24(20)17-8-3-1-4-9-17/h1,3-4,7-11,14,18,25H,2,5-6,12-13,15-16H2. The average molecular weight is 351 g/mol. The summed E-state index contributed by atoms with van der Waals surface area (Å²) in [6, 6.07) is 16.0. The Morgan fingerprint density at radius 3 is 2.62 bits per heavy atom. The molecule has 1 saturated heterocycles. The van der Waals surface area contributed by atoms with Crippen LogP contribution < -0.4 is 4.74 Å².